The van der Waals surface area contributed by atoms with Gasteiger partial charge in [0, 0.05) is 6.20 Å². The molecular formula is C10H7ClFN3O2. The van der Waals surface area contributed by atoms with E-state index in [0.29, 0.717) is 0 Å². The number of carbonyl (C=O) groups is 1. The lowest BCUT2D eigenvalue weighted by Crippen LogP contribution is -2.06. The summed E-state index contributed by atoms with van der Waals surface area (Å²) in [6.07, 6.45) is 2.46. The predicted molar refractivity (Wildman–Crippen MR) is 58.0 cm³/mol. The molecule has 0 saturated heterocycles. The molecule has 0 spiro atoms. The number of carboxylic acids is 1. The Morgan fingerprint density at radius 1 is 1.59 bits per heavy atom. The monoisotopic (exact) mass is 255 g/mol. The standard InChI is InChI=1S/C10H7ClFN3O2/c1-5-6(10(16)17)4-14-15(5)9-8(12)7(11)2-3-13-9/h2-4H,1H3,(H,16,17). The number of hydrogen-bond donors (Lipinski definition) is 1. The summed E-state index contributed by atoms with van der Waals surface area (Å²) in [5.41, 5.74) is 0.275. The molecule has 0 aliphatic carbocycles. The maximum Gasteiger partial charge on any atom is 0.339 e. The third-order valence-electron chi connectivity index (χ3n) is 2.26. The summed E-state index contributed by atoms with van der Waals surface area (Å²) in [5.74, 6) is -1.99. The number of carboxylic acid groups (broad SMARTS) is 1. The summed E-state index contributed by atoms with van der Waals surface area (Å²) in [7, 11) is 0. The highest BCUT2D eigenvalue weighted by molar-refractivity contribution is 6.30. The van der Waals surface area contributed by atoms with Gasteiger partial charge in [-0.2, -0.15) is 5.10 Å². The molecule has 0 unspecified atom stereocenters. The van der Waals surface area contributed by atoms with E-state index in [-0.39, 0.29) is 22.1 Å². The molecule has 5 nitrogen and oxygen atoms in total. The topological polar surface area (TPSA) is 68.0 Å². The van der Waals surface area contributed by atoms with Gasteiger partial charge < -0.3 is 5.11 Å². The fraction of sp³-hybridized carbons (Fsp3) is 0.100. The molecule has 2 rings (SSSR count). The zero-order valence-electron chi connectivity index (χ0n) is 8.69. The smallest absolute Gasteiger partial charge is 0.339 e. The minimum atomic E-state index is -1.13. The molecule has 2 aromatic rings. The van der Waals surface area contributed by atoms with Gasteiger partial charge in [-0.15, -0.1) is 0 Å². The zero-order chi connectivity index (χ0) is 12.6. The summed E-state index contributed by atoms with van der Waals surface area (Å²) in [5, 5.41) is 12.5. The molecule has 0 saturated carbocycles. The second-order valence-electron chi connectivity index (χ2n) is 3.29. The number of aromatic nitrogens is 3. The van der Waals surface area contributed by atoms with Gasteiger partial charge in [-0.25, -0.2) is 18.9 Å². The molecule has 1 N–H and O–H groups in total. The molecule has 0 aliphatic heterocycles. The molecule has 17 heavy (non-hydrogen) atoms. The van der Waals surface area contributed by atoms with Crippen molar-refractivity contribution in [3.63, 3.8) is 0 Å². The lowest BCUT2D eigenvalue weighted by Gasteiger charge is -2.05. The number of halogens is 2. The van der Waals surface area contributed by atoms with E-state index >= 15 is 0 Å². The fourth-order valence-electron chi connectivity index (χ4n) is 1.39. The maximum absolute atomic E-state index is 13.7. The van der Waals surface area contributed by atoms with E-state index in [9.17, 15) is 9.18 Å². The van der Waals surface area contributed by atoms with Crippen LogP contribution < -0.4 is 0 Å². The molecule has 0 bridgehead atoms. The number of aromatic carboxylic acids is 1. The largest absolute Gasteiger partial charge is 0.478 e. The average molecular weight is 256 g/mol. The SMILES string of the molecule is Cc1c(C(=O)O)cnn1-c1nccc(Cl)c1F. The van der Waals surface area contributed by atoms with Gasteiger partial charge in [0.15, 0.2) is 11.6 Å². The summed E-state index contributed by atoms with van der Waals surface area (Å²) in [6.45, 7) is 1.51. The van der Waals surface area contributed by atoms with E-state index in [4.69, 9.17) is 16.7 Å². The zero-order valence-corrected chi connectivity index (χ0v) is 9.44. The van der Waals surface area contributed by atoms with Crippen molar-refractivity contribution < 1.29 is 14.3 Å². The number of pyridine rings is 1. The first-order valence-corrected chi connectivity index (χ1v) is 4.98. The van der Waals surface area contributed by atoms with E-state index in [0.717, 1.165) is 10.9 Å². The first-order chi connectivity index (χ1) is 8.02. The summed E-state index contributed by atoms with van der Waals surface area (Å²) >= 11 is 5.61. The Morgan fingerprint density at radius 3 is 2.88 bits per heavy atom. The van der Waals surface area contributed by atoms with E-state index in [1.165, 1.54) is 19.2 Å². The molecule has 88 valence electrons. The van der Waals surface area contributed by atoms with Crippen molar-refractivity contribution >= 4 is 17.6 Å². The van der Waals surface area contributed by atoms with E-state index in [1.54, 1.807) is 0 Å². The lowest BCUT2D eigenvalue weighted by molar-refractivity contribution is 0.0696. The average Bonchev–Trinajstić information content (AvgIpc) is 2.64. The quantitative estimate of drug-likeness (QED) is 0.892. The molecule has 2 heterocycles. The number of rotatable bonds is 2. The van der Waals surface area contributed by atoms with Gasteiger partial charge in [-0.3, -0.25) is 0 Å². The number of nitrogens with zero attached hydrogens (tertiary/aromatic N) is 3. The minimum Gasteiger partial charge on any atom is -0.478 e. The first-order valence-electron chi connectivity index (χ1n) is 4.60. The molecule has 0 amide bonds. The Kier molecular flexibility index (Phi) is 2.81. The van der Waals surface area contributed by atoms with Gasteiger partial charge in [0.1, 0.15) is 5.56 Å². The van der Waals surface area contributed by atoms with Crippen LogP contribution >= 0.6 is 11.6 Å². The van der Waals surface area contributed by atoms with Crippen molar-refractivity contribution in [3.8, 4) is 5.82 Å². The molecule has 0 radical (unpaired) electrons. The molecule has 7 heteroatoms. The van der Waals surface area contributed by atoms with Crippen molar-refractivity contribution in [2.45, 2.75) is 6.92 Å². The Bertz CT molecular complexity index is 597. The maximum atomic E-state index is 13.7. The summed E-state index contributed by atoms with van der Waals surface area (Å²) < 4.78 is 14.8. The second kappa shape index (κ2) is 4.14. The lowest BCUT2D eigenvalue weighted by atomic mass is 10.3. The van der Waals surface area contributed by atoms with Crippen LogP contribution in [0.25, 0.3) is 5.82 Å². The molecule has 0 aliphatic rings. The predicted octanol–water partition coefficient (Wildman–Crippen LogP) is 2.07. The van der Waals surface area contributed by atoms with Gasteiger partial charge in [0.05, 0.1) is 16.9 Å². The highest BCUT2D eigenvalue weighted by Crippen LogP contribution is 2.20. The highest BCUT2D eigenvalue weighted by atomic mass is 35.5. The molecule has 0 atom stereocenters. The summed E-state index contributed by atoms with van der Waals surface area (Å²) in [6, 6.07) is 1.30. The van der Waals surface area contributed by atoms with Gasteiger partial charge >= 0.3 is 5.97 Å². The minimum absolute atomic E-state index is 0.00817. The molecular weight excluding hydrogens is 249 g/mol. The van der Waals surface area contributed by atoms with Crippen molar-refractivity contribution in [1.82, 2.24) is 14.8 Å². The Labute approximate surface area is 100 Å². The fourth-order valence-corrected chi connectivity index (χ4v) is 1.53. The Hall–Kier alpha value is -1.95. The summed E-state index contributed by atoms with van der Waals surface area (Å²) in [4.78, 5) is 14.6. The highest BCUT2D eigenvalue weighted by Gasteiger charge is 2.18. The van der Waals surface area contributed by atoms with Crippen LogP contribution in [-0.4, -0.2) is 25.8 Å². The van der Waals surface area contributed by atoms with Crippen LogP contribution in [0.3, 0.4) is 0 Å². The van der Waals surface area contributed by atoms with Crippen LogP contribution in [0.4, 0.5) is 4.39 Å². The van der Waals surface area contributed by atoms with Crippen molar-refractivity contribution in [2.24, 2.45) is 0 Å². The van der Waals surface area contributed by atoms with E-state index in [2.05, 4.69) is 10.1 Å². The van der Waals surface area contributed by atoms with E-state index < -0.39 is 11.8 Å². The first kappa shape index (κ1) is 11.5. The molecule has 2 aromatic heterocycles. The van der Waals surface area contributed by atoms with Crippen molar-refractivity contribution in [3.05, 3.63) is 40.6 Å². The second-order valence-corrected chi connectivity index (χ2v) is 3.70. The Morgan fingerprint density at radius 2 is 2.29 bits per heavy atom. The van der Waals surface area contributed by atoms with Gasteiger partial charge in [0.25, 0.3) is 0 Å². The van der Waals surface area contributed by atoms with Crippen molar-refractivity contribution in [2.75, 3.05) is 0 Å². The van der Waals surface area contributed by atoms with Gasteiger partial charge in [-0.1, -0.05) is 11.6 Å². The van der Waals surface area contributed by atoms with Crippen LogP contribution in [0.15, 0.2) is 18.5 Å². The van der Waals surface area contributed by atoms with Crippen molar-refractivity contribution in [1.29, 1.82) is 0 Å². The van der Waals surface area contributed by atoms with Gasteiger partial charge in [0.2, 0.25) is 0 Å². The normalized spacial score (nSPS) is 10.5. The third-order valence-corrected chi connectivity index (χ3v) is 2.56. The molecule has 0 fully saturated rings. The van der Waals surface area contributed by atoms with Gasteiger partial charge in [-0.05, 0) is 13.0 Å². The van der Waals surface area contributed by atoms with Crippen LogP contribution in [0.5, 0.6) is 0 Å². The molecule has 0 aromatic carbocycles. The van der Waals surface area contributed by atoms with Crippen LogP contribution in [-0.2, 0) is 0 Å². The third kappa shape index (κ3) is 1.87. The number of hydrogen-bond acceptors (Lipinski definition) is 3. The van der Waals surface area contributed by atoms with Crippen LogP contribution in [0.2, 0.25) is 5.02 Å². The van der Waals surface area contributed by atoms with Crippen LogP contribution in [0, 0.1) is 12.7 Å². The Balaban J connectivity index is 2.62. The van der Waals surface area contributed by atoms with Crippen LogP contribution in [0.1, 0.15) is 16.1 Å². The van der Waals surface area contributed by atoms with E-state index in [1.807, 2.05) is 0 Å².